The Morgan fingerprint density at radius 2 is 2.20 bits per heavy atom. The second-order valence-corrected chi connectivity index (χ2v) is 4.78. The molecule has 0 aromatic rings. The number of nitrogens with one attached hydrogen (secondary N) is 1. The Bertz CT molecular complexity index is 197. The Hall–Kier alpha value is 0.170. The zero-order valence-electron chi connectivity index (χ0n) is 9.62. The zero-order valence-corrected chi connectivity index (χ0v) is 10.4. The van der Waals surface area contributed by atoms with Crippen LogP contribution in [-0.4, -0.2) is 31.1 Å². The molecule has 1 N–H and O–H groups in total. The maximum Gasteiger partial charge on any atom is 0.119 e. The van der Waals surface area contributed by atoms with E-state index in [1.165, 1.54) is 19.3 Å². The lowest BCUT2D eigenvalue weighted by Gasteiger charge is -2.31. The summed E-state index contributed by atoms with van der Waals surface area (Å²) in [5, 5.41) is 3.48. The predicted octanol–water partition coefficient (Wildman–Crippen LogP) is 2.09. The highest BCUT2D eigenvalue weighted by Gasteiger charge is 2.36. The van der Waals surface area contributed by atoms with Gasteiger partial charge in [0.15, 0.2) is 0 Å². The Morgan fingerprint density at radius 3 is 2.73 bits per heavy atom. The summed E-state index contributed by atoms with van der Waals surface area (Å²) in [6.45, 7) is 6.04. The monoisotopic (exact) mass is 235 g/mol. The minimum Gasteiger partial charge on any atom is -0.378 e. The Kier molecular flexibility index (Phi) is 4.84. The van der Waals surface area contributed by atoms with Crippen molar-refractivity contribution in [1.82, 2.24) is 5.32 Å². The summed E-state index contributed by atoms with van der Waals surface area (Å²) in [5.74, 6) is 0. The first-order valence-corrected chi connectivity index (χ1v) is 5.71. The van der Waals surface area contributed by atoms with Gasteiger partial charge in [-0.05, 0) is 33.1 Å². The molecule has 0 bridgehead atoms. The normalized spacial score (nSPS) is 41.2. The first-order chi connectivity index (χ1) is 6.68. The van der Waals surface area contributed by atoms with Gasteiger partial charge in [0.2, 0.25) is 0 Å². The second-order valence-electron chi connectivity index (χ2n) is 4.78. The molecule has 15 heavy (non-hydrogen) atoms. The third-order valence-corrected chi connectivity index (χ3v) is 3.09. The van der Waals surface area contributed by atoms with Gasteiger partial charge >= 0.3 is 0 Å². The van der Waals surface area contributed by atoms with Crippen LogP contribution in [0.25, 0.3) is 0 Å². The molecule has 2 fully saturated rings. The number of hydrogen-bond acceptors (Lipinski definition) is 3. The van der Waals surface area contributed by atoms with Crippen LogP contribution < -0.4 is 5.32 Å². The standard InChI is InChI=1S/C11H21NO2.ClH/c1-9-8-14-11(2,12-9)7-10-5-3-4-6-13-10;/h9-10,12H,3-8H2,1-2H3;1H. The molecule has 90 valence electrons. The molecule has 0 aliphatic carbocycles. The van der Waals surface area contributed by atoms with Crippen LogP contribution in [0.1, 0.15) is 39.5 Å². The van der Waals surface area contributed by atoms with E-state index >= 15 is 0 Å². The lowest BCUT2D eigenvalue weighted by Crippen LogP contribution is -2.44. The summed E-state index contributed by atoms with van der Waals surface area (Å²) >= 11 is 0. The molecule has 2 rings (SSSR count). The van der Waals surface area contributed by atoms with Gasteiger partial charge in [0.05, 0.1) is 12.7 Å². The van der Waals surface area contributed by atoms with E-state index < -0.39 is 0 Å². The Morgan fingerprint density at radius 1 is 1.40 bits per heavy atom. The zero-order chi connectivity index (χ0) is 10.0. The van der Waals surface area contributed by atoms with Crippen molar-refractivity contribution in [2.45, 2.75) is 57.4 Å². The number of hydrogen-bond donors (Lipinski definition) is 1. The molecule has 0 aromatic carbocycles. The van der Waals surface area contributed by atoms with E-state index in [-0.39, 0.29) is 18.1 Å². The van der Waals surface area contributed by atoms with Gasteiger partial charge in [-0.1, -0.05) is 0 Å². The lowest BCUT2D eigenvalue weighted by molar-refractivity contribution is -0.0678. The summed E-state index contributed by atoms with van der Waals surface area (Å²) in [4.78, 5) is 0. The predicted molar refractivity (Wildman–Crippen MR) is 62.4 cm³/mol. The molecule has 3 atom stereocenters. The molecule has 2 aliphatic rings. The van der Waals surface area contributed by atoms with Gasteiger partial charge in [0, 0.05) is 19.1 Å². The van der Waals surface area contributed by atoms with Crippen LogP contribution in [0, 0.1) is 0 Å². The fourth-order valence-corrected chi connectivity index (χ4v) is 2.43. The highest BCUT2D eigenvalue weighted by atomic mass is 35.5. The van der Waals surface area contributed by atoms with Gasteiger partial charge in [-0.25, -0.2) is 0 Å². The van der Waals surface area contributed by atoms with E-state index in [1.807, 2.05) is 0 Å². The van der Waals surface area contributed by atoms with Crippen molar-refractivity contribution >= 4 is 12.4 Å². The van der Waals surface area contributed by atoms with Crippen molar-refractivity contribution in [2.75, 3.05) is 13.2 Å². The van der Waals surface area contributed by atoms with Crippen molar-refractivity contribution < 1.29 is 9.47 Å². The fraction of sp³-hybridized carbons (Fsp3) is 1.00. The highest BCUT2D eigenvalue weighted by Crippen LogP contribution is 2.26. The molecule has 0 saturated carbocycles. The summed E-state index contributed by atoms with van der Waals surface area (Å²) in [5.41, 5.74) is -0.151. The van der Waals surface area contributed by atoms with Crippen LogP contribution in [0.15, 0.2) is 0 Å². The van der Waals surface area contributed by atoms with E-state index in [1.54, 1.807) is 0 Å². The van der Waals surface area contributed by atoms with Crippen molar-refractivity contribution in [2.24, 2.45) is 0 Å². The average molecular weight is 236 g/mol. The third-order valence-electron chi connectivity index (χ3n) is 3.09. The second kappa shape index (κ2) is 5.48. The minimum atomic E-state index is -0.151. The van der Waals surface area contributed by atoms with Crippen molar-refractivity contribution in [1.29, 1.82) is 0 Å². The van der Waals surface area contributed by atoms with Gasteiger partial charge in [-0.15, -0.1) is 12.4 Å². The number of rotatable bonds is 2. The van der Waals surface area contributed by atoms with Crippen molar-refractivity contribution in [3.63, 3.8) is 0 Å². The van der Waals surface area contributed by atoms with E-state index in [2.05, 4.69) is 19.2 Å². The molecule has 2 heterocycles. The van der Waals surface area contributed by atoms with Crippen LogP contribution in [0.4, 0.5) is 0 Å². The summed E-state index contributed by atoms with van der Waals surface area (Å²) in [6, 6.07) is 0.476. The van der Waals surface area contributed by atoms with E-state index in [0.29, 0.717) is 12.1 Å². The first kappa shape index (κ1) is 13.2. The van der Waals surface area contributed by atoms with Crippen LogP contribution in [-0.2, 0) is 9.47 Å². The SMILES string of the molecule is CC1COC(C)(CC2CCCCO2)N1.Cl. The molecular formula is C11H22ClNO2. The van der Waals surface area contributed by atoms with Crippen LogP contribution in [0.5, 0.6) is 0 Å². The average Bonchev–Trinajstić information content (AvgIpc) is 2.47. The van der Waals surface area contributed by atoms with Crippen molar-refractivity contribution in [3.8, 4) is 0 Å². The molecule has 3 unspecified atom stereocenters. The van der Waals surface area contributed by atoms with E-state index in [9.17, 15) is 0 Å². The van der Waals surface area contributed by atoms with Gasteiger partial charge < -0.3 is 9.47 Å². The highest BCUT2D eigenvalue weighted by molar-refractivity contribution is 5.85. The summed E-state index contributed by atoms with van der Waals surface area (Å²) in [7, 11) is 0. The molecule has 3 nitrogen and oxygen atoms in total. The lowest BCUT2D eigenvalue weighted by atomic mass is 10.0. The smallest absolute Gasteiger partial charge is 0.119 e. The largest absolute Gasteiger partial charge is 0.378 e. The number of ether oxygens (including phenoxy) is 2. The quantitative estimate of drug-likeness (QED) is 0.795. The molecule has 2 saturated heterocycles. The molecule has 0 aromatic heterocycles. The van der Waals surface area contributed by atoms with Gasteiger partial charge in [-0.2, -0.15) is 0 Å². The summed E-state index contributed by atoms with van der Waals surface area (Å²) in [6.07, 6.45) is 5.09. The van der Waals surface area contributed by atoms with Crippen LogP contribution in [0.3, 0.4) is 0 Å². The maximum absolute atomic E-state index is 5.76. The van der Waals surface area contributed by atoms with E-state index in [4.69, 9.17) is 9.47 Å². The Labute approximate surface area is 98.3 Å². The molecule has 4 heteroatoms. The van der Waals surface area contributed by atoms with Crippen LogP contribution >= 0.6 is 12.4 Å². The van der Waals surface area contributed by atoms with Gasteiger partial charge in [0.25, 0.3) is 0 Å². The topological polar surface area (TPSA) is 30.5 Å². The molecular weight excluding hydrogens is 214 g/mol. The third kappa shape index (κ3) is 3.59. The van der Waals surface area contributed by atoms with Crippen LogP contribution in [0.2, 0.25) is 0 Å². The molecule has 0 amide bonds. The van der Waals surface area contributed by atoms with Gasteiger partial charge in [-0.3, -0.25) is 5.32 Å². The number of halogens is 1. The molecule has 2 aliphatic heterocycles. The van der Waals surface area contributed by atoms with Crippen molar-refractivity contribution in [3.05, 3.63) is 0 Å². The fourth-order valence-electron chi connectivity index (χ4n) is 2.43. The first-order valence-electron chi connectivity index (χ1n) is 5.71. The minimum absolute atomic E-state index is 0. The summed E-state index contributed by atoms with van der Waals surface area (Å²) < 4.78 is 11.5. The van der Waals surface area contributed by atoms with E-state index in [0.717, 1.165) is 19.6 Å². The molecule has 0 radical (unpaired) electrons. The maximum atomic E-state index is 5.76. The Balaban J connectivity index is 0.00000112. The van der Waals surface area contributed by atoms with Gasteiger partial charge in [0.1, 0.15) is 5.72 Å². The molecule has 0 spiro atoms.